The summed E-state index contributed by atoms with van der Waals surface area (Å²) in [6, 6.07) is 9.49. The van der Waals surface area contributed by atoms with Crippen LogP contribution in [0.3, 0.4) is 0 Å². The van der Waals surface area contributed by atoms with Crippen LogP contribution in [-0.2, 0) is 6.42 Å². The first-order valence-electron chi connectivity index (χ1n) is 5.73. The van der Waals surface area contributed by atoms with E-state index in [-0.39, 0.29) is 5.56 Å². The average Bonchev–Trinajstić information content (AvgIpc) is 2.30. The van der Waals surface area contributed by atoms with Crippen molar-refractivity contribution in [2.45, 2.75) is 23.4 Å². The minimum atomic E-state index is -0.124. The maximum absolute atomic E-state index is 11.4. The van der Waals surface area contributed by atoms with Gasteiger partial charge in [-0.1, -0.05) is 30.0 Å². The lowest BCUT2D eigenvalue weighted by Crippen LogP contribution is -2.08. The molecule has 0 amide bonds. The monoisotopic (exact) mass is 261 g/mol. The minimum Gasteiger partial charge on any atom is -0.330 e. The molecule has 0 saturated heterocycles. The molecule has 2 aromatic rings. The van der Waals surface area contributed by atoms with Crippen molar-refractivity contribution in [1.29, 1.82) is 0 Å². The highest BCUT2D eigenvalue weighted by Crippen LogP contribution is 2.27. The van der Waals surface area contributed by atoms with Gasteiger partial charge in [-0.2, -0.15) is 0 Å². The second-order valence-corrected chi connectivity index (χ2v) is 4.97. The number of nitrogens with two attached hydrogens (primary N) is 1. The first-order valence-corrected chi connectivity index (χ1v) is 6.54. The van der Waals surface area contributed by atoms with E-state index in [9.17, 15) is 4.79 Å². The van der Waals surface area contributed by atoms with Crippen molar-refractivity contribution in [3.8, 4) is 0 Å². The van der Waals surface area contributed by atoms with Gasteiger partial charge in [0.2, 0.25) is 0 Å². The van der Waals surface area contributed by atoms with E-state index >= 15 is 0 Å². The first kappa shape index (κ1) is 12.9. The zero-order valence-electron chi connectivity index (χ0n) is 10.1. The number of aromatic amines is 1. The molecule has 0 radical (unpaired) electrons. The molecule has 4 nitrogen and oxygen atoms in total. The Balaban J connectivity index is 2.30. The highest BCUT2D eigenvalue weighted by Gasteiger charge is 2.05. The summed E-state index contributed by atoms with van der Waals surface area (Å²) in [5, 5.41) is 0.615. The third-order valence-corrected chi connectivity index (χ3v) is 3.45. The molecule has 0 saturated carbocycles. The van der Waals surface area contributed by atoms with Crippen LogP contribution in [0.25, 0.3) is 0 Å². The van der Waals surface area contributed by atoms with Gasteiger partial charge in [-0.3, -0.25) is 4.79 Å². The molecule has 1 aromatic carbocycles. The van der Waals surface area contributed by atoms with Crippen molar-refractivity contribution in [2.75, 3.05) is 6.54 Å². The SMILES string of the molecule is Cc1cc(=O)[nH]c(Sc2ccccc2CCN)n1. The van der Waals surface area contributed by atoms with E-state index in [2.05, 4.69) is 9.97 Å². The van der Waals surface area contributed by atoms with Gasteiger partial charge in [0.1, 0.15) is 0 Å². The molecule has 3 N–H and O–H groups in total. The van der Waals surface area contributed by atoms with Crippen LogP contribution in [0, 0.1) is 6.92 Å². The predicted octanol–water partition coefficient (Wildman–Crippen LogP) is 1.73. The predicted molar refractivity (Wildman–Crippen MR) is 72.9 cm³/mol. The Morgan fingerprint density at radius 3 is 2.89 bits per heavy atom. The van der Waals surface area contributed by atoms with E-state index in [4.69, 9.17) is 5.73 Å². The number of H-pyrrole nitrogens is 1. The summed E-state index contributed by atoms with van der Waals surface area (Å²) < 4.78 is 0. The van der Waals surface area contributed by atoms with Gasteiger partial charge < -0.3 is 10.7 Å². The summed E-state index contributed by atoms with van der Waals surface area (Å²) in [6.45, 7) is 2.42. The Bertz CT molecular complexity index is 595. The van der Waals surface area contributed by atoms with Gasteiger partial charge in [0, 0.05) is 16.7 Å². The van der Waals surface area contributed by atoms with E-state index in [1.165, 1.54) is 23.4 Å². The topological polar surface area (TPSA) is 71.8 Å². The van der Waals surface area contributed by atoms with Gasteiger partial charge in [0.25, 0.3) is 5.56 Å². The lowest BCUT2D eigenvalue weighted by atomic mass is 10.1. The van der Waals surface area contributed by atoms with E-state index < -0.39 is 0 Å². The summed E-state index contributed by atoms with van der Waals surface area (Å²) in [5.41, 5.74) is 7.36. The molecule has 1 aromatic heterocycles. The van der Waals surface area contributed by atoms with Gasteiger partial charge in [-0.05, 0) is 31.5 Å². The van der Waals surface area contributed by atoms with Crippen LogP contribution in [0.5, 0.6) is 0 Å². The number of rotatable bonds is 4. The zero-order valence-corrected chi connectivity index (χ0v) is 11.0. The molecule has 0 atom stereocenters. The lowest BCUT2D eigenvalue weighted by molar-refractivity contribution is 0.900. The lowest BCUT2D eigenvalue weighted by Gasteiger charge is -2.07. The Morgan fingerprint density at radius 2 is 2.17 bits per heavy atom. The Labute approximate surface area is 110 Å². The van der Waals surface area contributed by atoms with Crippen molar-refractivity contribution in [3.63, 3.8) is 0 Å². The molecule has 18 heavy (non-hydrogen) atoms. The molecule has 0 aliphatic rings. The minimum absolute atomic E-state index is 0.124. The summed E-state index contributed by atoms with van der Waals surface area (Å²) in [6.07, 6.45) is 0.819. The Hall–Kier alpha value is -1.59. The van der Waals surface area contributed by atoms with Crippen molar-refractivity contribution >= 4 is 11.8 Å². The van der Waals surface area contributed by atoms with E-state index in [0.29, 0.717) is 11.7 Å². The van der Waals surface area contributed by atoms with Crippen LogP contribution in [0.15, 0.2) is 45.2 Å². The summed E-state index contributed by atoms with van der Waals surface area (Å²) >= 11 is 1.46. The number of hydrogen-bond acceptors (Lipinski definition) is 4. The van der Waals surface area contributed by atoms with Gasteiger partial charge >= 0.3 is 0 Å². The molecule has 5 heteroatoms. The third kappa shape index (κ3) is 3.21. The summed E-state index contributed by atoms with van der Waals surface area (Å²) in [4.78, 5) is 19.5. The summed E-state index contributed by atoms with van der Waals surface area (Å²) in [5.74, 6) is 0. The van der Waals surface area contributed by atoms with Crippen LogP contribution in [0.4, 0.5) is 0 Å². The van der Waals surface area contributed by atoms with Crippen molar-refractivity contribution in [1.82, 2.24) is 9.97 Å². The molecule has 0 aliphatic carbocycles. The highest BCUT2D eigenvalue weighted by molar-refractivity contribution is 7.99. The molecule has 0 unspecified atom stereocenters. The molecule has 2 rings (SSSR count). The second kappa shape index (κ2) is 5.84. The van der Waals surface area contributed by atoms with Gasteiger partial charge in [0.05, 0.1) is 0 Å². The fourth-order valence-corrected chi connectivity index (χ4v) is 2.67. The van der Waals surface area contributed by atoms with Crippen LogP contribution in [0.1, 0.15) is 11.3 Å². The van der Waals surface area contributed by atoms with E-state index in [1.54, 1.807) is 0 Å². The maximum atomic E-state index is 11.4. The highest BCUT2D eigenvalue weighted by atomic mass is 32.2. The molecular formula is C13H15N3OS. The quantitative estimate of drug-likeness (QED) is 0.822. The summed E-state index contributed by atoms with van der Waals surface area (Å²) in [7, 11) is 0. The standard InChI is InChI=1S/C13H15N3OS/c1-9-8-12(17)16-13(15-9)18-11-5-3-2-4-10(11)6-7-14/h2-5,8H,6-7,14H2,1H3,(H,15,16,17). The van der Waals surface area contributed by atoms with Crippen molar-refractivity contribution < 1.29 is 0 Å². The Kier molecular flexibility index (Phi) is 4.17. The number of hydrogen-bond donors (Lipinski definition) is 2. The molecule has 0 aliphatic heterocycles. The van der Waals surface area contributed by atoms with Crippen molar-refractivity contribution in [2.24, 2.45) is 5.73 Å². The number of nitrogens with one attached hydrogen (secondary N) is 1. The third-order valence-electron chi connectivity index (χ3n) is 2.44. The molecule has 1 heterocycles. The van der Waals surface area contributed by atoms with Crippen LogP contribution in [-0.4, -0.2) is 16.5 Å². The number of benzene rings is 1. The van der Waals surface area contributed by atoms with Gasteiger partial charge in [-0.25, -0.2) is 4.98 Å². The van der Waals surface area contributed by atoms with Gasteiger partial charge in [0.15, 0.2) is 5.16 Å². The van der Waals surface area contributed by atoms with Crippen LogP contribution in [0.2, 0.25) is 0 Å². The van der Waals surface area contributed by atoms with Gasteiger partial charge in [-0.15, -0.1) is 0 Å². The zero-order chi connectivity index (χ0) is 13.0. The normalized spacial score (nSPS) is 10.6. The van der Waals surface area contributed by atoms with Crippen LogP contribution < -0.4 is 11.3 Å². The smallest absolute Gasteiger partial charge is 0.251 e. The fourth-order valence-electron chi connectivity index (χ4n) is 1.67. The second-order valence-electron chi connectivity index (χ2n) is 3.94. The number of aryl methyl sites for hydroxylation is 1. The molecule has 0 bridgehead atoms. The Morgan fingerprint density at radius 1 is 1.39 bits per heavy atom. The van der Waals surface area contributed by atoms with E-state index in [0.717, 1.165) is 17.0 Å². The average molecular weight is 261 g/mol. The first-order chi connectivity index (χ1) is 8.69. The molecular weight excluding hydrogens is 246 g/mol. The van der Waals surface area contributed by atoms with E-state index in [1.807, 2.05) is 31.2 Å². The number of nitrogens with zero attached hydrogens (tertiary/aromatic N) is 1. The maximum Gasteiger partial charge on any atom is 0.251 e. The van der Waals surface area contributed by atoms with Crippen LogP contribution >= 0.6 is 11.8 Å². The molecule has 94 valence electrons. The van der Waals surface area contributed by atoms with Crippen molar-refractivity contribution in [3.05, 3.63) is 51.9 Å². The number of aromatic nitrogens is 2. The molecule has 0 fully saturated rings. The molecule has 0 spiro atoms. The largest absolute Gasteiger partial charge is 0.330 e. The fraction of sp³-hybridized carbons (Fsp3) is 0.231.